The summed E-state index contributed by atoms with van der Waals surface area (Å²) in [6.07, 6.45) is 0.500. The molecule has 0 atom stereocenters. The minimum atomic E-state index is 0. The number of hydrogen-bond donors (Lipinski definition) is 0. The molecule has 0 heterocycles. The first-order valence-corrected chi connectivity index (χ1v) is 0.428. The third-order valence-corrected chi connectivity index (χ3v) is 0. The van der Waals surface area contributed by atoms with Crippen molar-refractivity contribution in [1.82, 2.24) is 0 Å². The molecular formula is CH2NNaO2. The van der Waals surface area contributed by atoms with Crippen LogP contribution in [0.2, 0.25) is 0 Å². The molecule has 0 radical (unpaired) electrons. The van der Waals surface area contributed by atoms with Crippen LogP contribution in [0.4, 0.5) is 0 Å². The molecule has 0 aliphatic rings. The Kier molecular flexibility index (Phi) is 108. The Labute approximate surface area is 51.8 Å². The monoisotopic (exact) mass is 83.0 g/mol. The molecule has 0 spiro atoms. The summed E-state index contributed by atoms with van der Waals surface area (Å²) in [7, 11) is 0. The van der Waals surface area contributed by atoms with Crippen LogP contribution in [0, 0.1) is 11.5 Å². The molecule has 0 aromatic rings. The first-order chi connectivity index (χ1) is 1.41. The van der Waals surface area contributed by atoms with Crippen LogP contribution in [-0.2, 0) is 0 Å². The molecule has 24 valence electrons. The van der Waals surface area contributed by atoms with Gasteiger partial charge in [0.2, 0.25) is 0 Å². The van der Waals surface area contributed by atoms with E-state index < -0.39 is 0 Å². The van der Waals surface area contributed by atoms with Gasteiger partial charge in [0.25, 0.3) is 0 Å². The maximum atomic E-state index is 8.24. The minimum Gasteiger partial charge on any atom is -0.812 e. The van der Waals surface area contributed by atoms with Crippen molar-refractivity contribution in [2.24, 2.45) is 0 Å². The van der Waals surface area contributed by atoms with Gasteiger partial charge >= 0.3 is 29.6 Å². The van der Waals surface area contributed by atoms with Crippen LogP contribution in [0.25, 0.3) is 0 Å². The van der Waals surface area contributed by atoms with Crippen LogP contribution in [0.5, 0.6) is 0 Å². The smallest absolute Gasteiger partial charge is 0.812 e. The zero-order chi connectivity index (χ0) is 2.71. The fourth-order valence-corrected chi connectivity index (χ4v) is 0. The number of nitriles is 1. The Morgan fingerprint density at radius 1 is 1.60 bits per heavy atom. The maximum Gasteiger partial charge on any atom is 1.00 e. The molecule has 0 aliphatic carbocycles. The Morgan fingerprint density at radius 3 is 1.60 bits per heavy atom. The molecule has 0 aromatic carbocycles. The average Bonchev–Trinajstić information content (AvgIpc) is 0.918. The molecule has 0 aromatic heterocycles. The molecule has 0 aliphatic heterocycles. The van der Waals surface area contributed by atoms with E-state index in [1.54, 1.807) is 0 Å². The van der Waals surface area contributed by atoms with Crippen molar-refractivity contribution in [2.75, 3.05) is 0 Å². The fraction of sp³-hybridized carbons (Fsp3) is 0. The summed E-state index contributed by atoms with van der Waals surface area (Å²) < 4.78 is 0. The normalized spacial score (nSPS) is 1.40. The Balaban J connectivity index is -0.0000000200. The first-order valence-electron chi connectivity index (χ1n) is 0.428. The van der Waals surface area contributed by atoms with E-state index in [4.69, 9.17) is 10.4 Å². The quantitative estimate of drug-likeness (QED) is 0.217. The number of nitrogens with zero attached hydrogens (tertiary/aromatic N) is 1. The van der Waals surface area contributed by atoms with Gasteiger partial charge in [0, 0.05) is 6.26 Å². The summed E-state index contributed by atoms with van der Waals surface area (Å²) >= 11 is 0. The summed E-state index contributed by atoms with van der Waals surface area (Å²) in [5, 5.41) is 15.0. The second-order valence-corrected chi connectivity index (χ2v) is 0.0913. The van der Waals surface area contributed by atoms with E-state index in [1.165, 1.54) is 0 Å². The van der Waals surface area contributed by atoms with Crippen molar-refractivity contribution in [1.29, 1.82) is 5.26 Å². The van der Waals surface area contributed by atoms with Crippen molar-refractivity contribution < 1.29 is 40.1 Å². The molecule has 4 heteroatoms. The molecule has 5 heavy (non-hydrogen) atoms. The van der Waals surface area contributed by atoms with Crippen LogP contribution in [0.1, 0.15) is 0 Å². The maximum absolute atomic E-state index is 8.24. The summed E-state index contributed by atoms with van der Waals surface area (Å²) in [5.41, 5.74) is 0. The molecule has 0 rings (SSSR count). The topological polar surface area (TPSA) is 78.3 Å². The van der Waals surface area contributed by atoms with Crippen molar-refractivity contribution in [3.63, 3.8) is 0 Å². The molecular weight excluding hydrogens is 81.0 g/mol. The van der Waals surface area contributed by atoms with Crippen molar-refractivity contribution >= 4 is 0 Å². The molecule has 0 fully saturated rings. The van der Waals surface area contributed by atoms with E-state index >= 15 is 0 Å². The number of hydrogen-bond acceptors (Lipinski definition) is 2. The van der Waals surface area contributed by atoms with Gasteiger partial charge < -0.3 is 10.6 Å². The largest absolute Gasteiger partial charge is 1.00 e. The van der Waals surface area contributed by atoms with Crippen LogP contribution < -0.4 is 34.7 Å². The first kappa shape index (κ1) is 18.7. The van der Waals surface area contributed by atoms with Crippen molar-refractivity contribution in [3.05, 3.63) is 0 Å². The summed E-state index contributed by atoms with van der Waals surface area (Å²) in [5.74, 6) is 0. The summed E-state index contributed by atoms with van der Waals surface area (Å²) in [6.45, 7) is 0. The molecule has 0 saturated heterocycles. The van der Waals surface area contributed by atoms with Crippen molar-refractivity contribution in [2.45, 2.75) is 0 Å². The van der Waals surface area contributed by atoms with Gasteiger partial charge in [-0.05, 0) is 0 Å². The van der Waals surface area contributed by atoms with E-state index in [1.807, 2.05) is 0 Å². The Morgan fingerprint density at radius 2 is 1.60 bits per heavy atom. The molecule has 0 unspecified atom stereocenters. The molecule has 0 saturated carbocycles. The second kappa shape index (κ2) is 28.7. The van der Waals surface area contributed by atoms with Gasteiger partial charge in [-0.15, -0.1) is 0 Å². The van der Waals surface area contributed by atoms with E-state index in [2.05, 4.69) is 0 Å². The van der Waals surface area contributed by atoms with E-state index in [0.717, 1.165) is 0 Å². The van der Waals surface area contributed by atoms with Gasteiger partial charge in [0.15, 0.2) is 0 Å². The van der Waals surface area contributed by atoms with Gasteiger partial charge in [-0.1, -0.05) is 0 Å². The Hall–Kier alpha value is 0.250. The minimum absolute atomic E-state index is 0. The van der Waals surface area contributed by atoms with Crippen molar-refractivity contribution in [3.8, 4) is 6.26 Å². The second-order valence-electron chi connectivity index (χ2n) is 0.0913. The predicted octanol–water partition coefficient (Wildman–Crippen LogP) is -4.99. The Bertz CT molecular complexity index is 31.1. The number of rotatable bonds is 0. The van der Waals surface area contributed by atoms with E-state index in [0.29, 0.717) is 6.26 Å². The molecule has 0 amide bonds. The van der Waals surface area contributed by atoms with Gasteiger partial charge in [0.1, 0.15) is 0 Å². The molecule has 2 N–H and O–H groups in total. The van der Waals surface area contributed by atoms with Gasteiger partial charge in [0.05, 0.1) is 0 Å². The third kappa shape index (κ3) is 344. The van der Waals surface area contributed by atoms with Gasteiger partial charge in [-0.2, -0.15) is 0 Å². The van der Waals surface area contributed by atoms with Crippen LogP contribution in [0.15, 0.2) is 0 Å². The van der Waals surface area contributed by atoms with Crippen LogP contribution in [0.3, 0.4) is 0 Å². The van der Waals surface area contributed by atoms with Gasteiger partial charge in [-0.3, -0.25) is 0 Å². The van der Waals surface area contributed by atoms with E-state index in [-0.39, 0.29) is 35.0 Å². The van der Waals surface area contributed by atoms with Crippen LogP contribution in [-0.4, -0.2) is 5.48 Å². The third-order valence-electron chi connectivity index (χ3n) is 0. The van der Waals surface area contributed by atoms with Crippen LogP contribution >= 0.6 is 0 Å². The zero-order valence-electron chi connectivity index (χ0n) is 2.86. The molecule has 0 bridgehead atoms. The zero-order valence-corrected chi connectivity index (χ0v) is 4.86. The molecule has 3 nitrogen and oxygen atoms in total. The van der Waals surface area contributed by atoms with Gasteiger partial charge in [-0.25, -0.2) is 5.26 Å². The average molecular weight is 83.0 g/mol. The fourth-order valence-electron chi connectivity index (χ4n) is 0. The predicted molar refractivity (Wildman–Crippen MR) is 9.23 cm³/mol. The van der Waals surface area contributed by atoms with E-state index in [9.17, 15) is 0 Å². The standard InChI is InChI=1S/CHNO.Na.H2O/c2-1-3;;/h3H;;1H2/q;+1;/p-1. The SMILES string of the molecule is N#C[O-].O.[Na+]. The summed E-state index contributed by atoms with van der Waals surface area (Å²) in [4.78, 5) is 0. The summed E-state index contributed by atoms with van der Waals surface area (Å²) in [6, 6.07) is 0.